The second kappa shape index (κ2) is 11.9. The molecule has 7 heteroatoms. The predicted octanol–water partition coefficient (Wildman–Crippen LogP) is 3.82. The highest BCUT2D eigenvalue weighted by atomic mass is 16.5. The van der Waals surface area contributed by atoms with Gasteiger partial charge in [-0.1, -0.05) is 32.0 Å². The van der Waals surface area contributed by atoms with Crippen LogP contribution in [0.5, 0.6) is 5.75 Å². The summed E-state index contributed by atoms with van der Waals surface area (Å²) in [5.41, 5.74) is 2.12. The smallest absolute Gasteiger partial charge is 0.254 e. The minimum Gasteiger partial charge on any atom is -0.497 e. The number of carbonyl (C=O) groups excluding carboxylic acids is 3. The van der Waals surface area contributed by atoms with Gasteiger partial charge in [-0.2, -0.15) is 0 Å². The lowest BCUT2D eigenvalue weighted by Gasteiger charge is -2.36. The van der Waals surface area contributed by atoms with E-state index in [1.54, 1.807) is 31.4 Å². The fourth-order valence-corrected chi connectivity index (χ4v) is 4.26. The van der Waals surface area contributed by atoms with Crippen LogP contribution in [0.25, 0.3) is 0 Å². The molecule has 1 saturated heterocycles. The molecule has 2 aromatic carbocycles. The summed E-state index contributed by atoms with van der Waals surface area (Å²) in [4.78, 5) is 41.2. The van der Waals surface area contributed by atoms with Crippen molar-refractivity contribution in [3.05, 3.63) is 65.2 Å². The van der Waals surface area contributed by atoms with Gasteiger partial charge in [0, 0.05) is 30.3 Å². The van der Waals surface area contributed by atoms with Crippen molar-refractivity contribution in [1.29, 1.82) is 0 Å². The standard InChI is InChI=1S/C28H37N3O4/c1-18(2)20(4)29-27(33)25(30-26(32)22-10-12-23(35-5)13-11-22)21-14-16-31(17-15-21)28(34)24-9-7-6-8-19(24)3/h6-13,18,20-21,25H,14-17H2,1-5H3,(H,29,33)(H,30,32). The van der Waals surface area contributed by atoms with Crippen LogP contribution in [0.3, 0.4) is 0 Å². The summed E-state index contributed by atoms with van der Waals surface area (Å²) < 4.78 is 5.17. The van der Waals surface area contributed by atoms with Crippen LogP contribution >= 0.6 is 0 Å². The Labute approximate surface area is 208 Å². The number of rotatable bonds is 8. The van der Waals surface area contributed by atoms with Crippen molar-refractivity contribution in [3.8, 4) is 5.75 Å². The van der Waals surface area contributed by atoms with E-state index in [0.29, 0.717) is 42.8 Å². The molecule has 0 bridgehead atoms. The molecule has 0 spiro atoms. The zero-order chi connectivity index (χ0) is 25.5. The first-order chi connectivity index (χ1) is 16.7. The number of piperidine rings is 1. The van der Waals surface area contributed by atoms with Gasteiger partial charge in [0.15, 0.2) is 0 Å². The van der Waals surface area contributed by atoms with Gasteiger partial charge >= 0.3 is 0 Å². The zero-order valence-corrected chi connectivity index (χ0v) is 21.3. The monoisotopic (exact) mass is 479 g/mol. The van der Waals surface area contributed by atoms with E-state index >= 15 is 0 Å². The number of amides is 3. The molecule has 1 heterocycles. The van der Waals surface area contributed by atoms with Crippen LogP contribution in [0.1, 0.15) is 59.9 Å². The average Bonchev–Trinajstić information content (AvgIpc) is 2.87. The molecule has 2 atom stereocenters. The van der Waals surface area contributed by atoms with Gasteiger partial charge in [0.1, 0.15) is 11.8 Å². The first-order valence-corrected chi connectivity index (χ1v) is 12.3. The molecule has 0 radical (unpaired) electrons. The lowest BCUT2D eigenvalue weighted by molar-refractivity contribution is -0.125. The van der Waals surface area contributed by atoms with Gasteiger partial charge < -0.3 is 20.3 Å². The van der Waals surface area contributed by atoms with E-state index in [2.05, 4.69) is 10.6 Å². The minimum absolute atomic E-state index is 0.0123. The zero-order valence-electron chi connectivity index (χ0n) is 21.3. The number of aryl methyl sites for hydroxylation is 1. The largest absolute Gasteiger partial charge is 0.497 e. The predicted molar refractivity (Wildman–Crippen MR) is 136 cm³/mol. The number of hydrogen-bond donors (Lipinski definition) is 2. The second-order valence-corrected chi connectivity index (χ2v) is 9.67. The second-order valence-electron chi connectivity index (χ2n) is 9.67. The Morgan fingerprint density at radius 1 is 0.943 bits per heavy atom. The third-order valence-corrected chi connectivity index (χ3v) is 6.96. The van der Waals surface area contributed by atoms with Crippen LogP contribution < -0.4 is 15.4 Å². The third kappa shape index (κ3) is 6.62. The first kappa shape index (κ1) is 26.3. The molecular formula is C28H37N3O4. The van der Waals surface area contributed by atoms with Crippen molar-refractivity contribution in [2.45, 2.75) is 52.6 Å². The van der Waals surface area contributed by atoms with Gasteiger partial charge in [0.2, 0.25) is 5.91 Å². The van der Waals surface area contributed by atoms with Gasteiger partial charge in [-0.05, 0) is 74.4 Å². The lowest BCUT2D eigenvalue weighted by atomic mass is 9.87. The van der Waals surface area contributed by atoms with Gasteiger partial charge in [-0.3, -0.25) is 14.4 Å². The molecule has 0 saturated carbocycles. The molecule has 0 aliphatic carbocycles. The Hall–Kier alpha value is -3.35. The van der Waals surface area contributed by atoms with Crippen molar-refractivity contribution < 1.29 is 19.1 Å². The highest BCUT2D eigenvalue weighted by Crippen LogP contribution is 2.24. The molecule has 7 nitrogen and oxygen atoms in total. The molecule has 0 aromatic heterocycles. The van der Waals surface area contributed by atoms with Crippen molar-refractivity contribution in [3.63, 3.8) is 0 Å². The molecule has 2 aromatic rings. The molecule has 3 rings (SSSR count). The molecule has 1 fully saturated rings. The molecule has 1 aliphatic heterocycles. The van der Waals surface area contributed by atoms with Crippen LogP contribution in [0, 0.1) is 18.8 Å². The fourth-order valence-electron chi connectivity index (χ4n) is 4.26. The Bertz CT molecular complexity index is 1030. The summed E-state index contributed by atoms with van der Waals surface area (Å²) >= 11 is 0. The van der Waals surface area contributed by atoms with Gasteiger partial charge in [-0.15, -0.1) is 0 Å². The van der Waals surface area contributed by atoms with Crippen molar-refractivity contribution in [2.24, 2.45) is 11.8 Å². The molecule has 1 aliphatic rings. The normalized spacial score (nSPS) is 15.9. The number of nitrogens with one attached hydrogen (secondary N) is 2. The number of likely N-dealkylation sites (tertiary alicyclic amines) is 1. The van der Waals surface area contributed by atoms with Gasteiger partial charge in [0.05, 0.1) is 7.11 Å². The molecule has 35 heavy (non-hydrogen) atoms. The van der Waals surface area contributed by atoms with Crippen molar-refractivity contribution in [2.75, 3.05) is 20.2 Å². The van der Waals surface area contributed by atoms with Crippen LogP contribution in [0.15, 0.2) is 48.5 Å². The Kier molecular flexibility index (Phi) is 8.90. The number of ether oxygens (including phenoxy) is 1. The summed E-state index contributed by atoms with van der Waals surface area (Å²) in [7, 11) is 1.57. The number of benzene rings is 2. The highest BCUT2D eigenvalue weighted by molar-refractivity contribution is 5.98. The maximum atomic E-state index is 13.3. The molecule has 3 amide bonds. The van der Waals surface area contributed by atoms with E-state index in [1.165, 1.54) is 0 Å². The van der Waals surface area contributed by atoms with Crippen molar-refractivity contribution >= 4 is 17.7 Å². The summed E-state index contributed by atoms with van der Waals surface area (Å²) in [6.07, 6.45) is 1.27. The Balaban J connectivity index is 1.72. The van der Waals surface area contributed by atoms with Crippen LogP contribution in [-0.2, 0) is 4.79 Å². The third-order valence-electron chi connectivity index (χ3n) is 6.96. The lowest BCUT2D eigenvalue weighted by Crippen LogP contribution is -2.55. The Morgan fingerprint density at radius 3 is 2.14 bits per heavy atom. The van der Waals surface area contributed by atoms with E-state index in [0.717, 1.165) is 5.56 Å². The summed E-state index contributed by atoms with van der Waals surface area (Å²) in [5.74, 6) is 0.383. The van der Waals surface area contributed by atoms with Crippen LogP contribution in [0.4, 0.5) is 0 Å². The number of nitrogens with zero attached hydrogens (tertiary/aromatic N) is 1. The molecule has 2 unspecified atom stereocenters. The van der Waals surface area contributed by atoms with E-state index in [-0.39, 0.29) is 35.6 Å². The highest BCUT2D eigenvalue weighted by Gasteiger charge is 2.35. The van der Waals surface area contributed by atoms with Crippen LogP contribution in [-0.4, -0.2) is 54.9 Å². The van der Waals surface area contributed by atoms with Gasteiger partial charge in [0.25, 0.3) is 11.8 Å². The SMILES string of the molecule is COc1ccc(C(=O)NC(C(=O)NC(C)C(C)C)C2CCN(C(=O)c3ccccc3C)CC2)cc1. The van der Waals surface area contributed by atoms with E-state index < -0.39 is 6.04 Å². The topological polar surface area (TPSA) is 87.7 Å². The maximum Gasteiger partial charge on any atom is 0.254 e. The van der Waals surface area contributed by atoms with Crippen molar-refractivity contribution in [1.82, 2.24) is 15.5 Å². The fraction of sp³-hybridized carbons (Fsp3) is 0.464. The molecule has 188 valence electrons. The number of hydrogen-bond acceptors (Lipinski definition) is 4. The van der Waals surface area contributed by atoms with Gasteiger partial charge in [-0.25, -0.2) is 0 Å². The van der Waals surface area contributed by atoms with E-state index in [9.17, 15) is 14.4 Å². The molecular weight excluding hydrogens is 442 g/mol. The Morgan fingerprint density at radius 2 is 1.57 bits per heavy atom. The number of carbonyl (C=O) groups is 3. The van der Waals surface area contributed by atoms with Crippen LogP contribution in [0.2, 0.25) is 0 Å². The summed E-state index contributed by atoms with van der Waals surface area (Å²) in [5, 5.41) is 6.04. The summed E-state index contributed by atoms with van der Waals surface area (Å²) in [6, 6.07) is 13.7. The minimum atomic E-state index is -0.679. The maximum absolute atomic E-state index is 13.3. The number of methoxy groups -OCH3 is 1. The average molecular weight is 480 g/mol. The summed E-state index contributed by atoms with van der Waals surface area (Å²) in [6.45, 7) is 9.08. The van der Waals surface area contributed by atoms with E-state index in [4.69, 9.17) is 4.74 Å². The quantitative estimate of drug-likeness (QED) is 0.603. The first-order valence-electron chi connectivity index (χ1n) is 12.3. The molecule has 2 N–H and O–H groups in total. The van der Waals surface area contributed by atoms with E-state index in [1.807, 2.05) is 56.9 Å².